The molecule has 6 nitrogen and oxygen atoms in total. The average molecular weight is 513 g/mol. The van der Waals surface area contributed by atoms with Gasteiger partial charge in [0.25, 0.3) is 0 Å². The number of benzene rings is 2. The van der Waals surface area contributed by atoms with Gasteiger partial charge in [-0.25, -0.2) is 12.7 Å². The highest BCUT2D eigenvalue weighted by Gasteiger charge is 2.33. The Morgan fingerprint density at radius 3 is 2.64 bits per heavy atom. The number of nitrogens with zero attached hydrogens (tertiary/aromatic N) is 1. The first-order valence-electron chi connectivity index (χ1n) is 11.0. The van der Waals surface area contributed by atoms with Crippen LogP contribution in [0.4, 0.5) is 0 Å². The van der Waals surface area contributed by atoms with Crippen molar-refractivity contribution >= 4 is 39.1 Å². The fourth-order valence-electron chi connectivity index (χ4n) is 4.16. The summed E-state index contributed by atoms with van der Waals surface area (Å²) < 4.78 is 32.8. The third-order valence-electron chi connectivity index (χ3n) is 6.05. The Kier molecular flexibility index (Phi) is 8.67. The molecule has 0 aromatic heterocycles. The topological polar surface area (TPSA) is 75.7 Å². The van der Waals surface area contributed by atoms with E-state index in [4.69, 9.17) is 27.9 Å². The number of sulfonamides is 1. The number of aryl methyl sites for hydroxylation is 1. The van der Waals surface area contributed by atoms with Crippen LogP contribution >= 0.6 is 23.2 Å². The lowest BCUT2D eigenvalue weighted by molar-refractivity contribution is -0.126. The maximum absolute atomic E-state index is 13.1. The van der Waals surface area contributed by atoms with Crippen LogP contribution in [-0.4, -0.2) is 38.8 Å². The van der Waals surface area contributed by atoms with Gasteiger partial charge in [0.15, 0.2) is 0 Å². The number of nitrogens with one attached hydrogen (secondary N) is 1. The third-order valence-corrected chi connectivity index (χ3v) is 8.43. The Bertz CT molecular complexity index is 1110. The first kappa shape index (κ1) is 25.8. The van der Waals surface area contributed by atoms with Gasteiger partial charge < -0.3 is 10.1 Å². The molecule has 1 amide bonds. The lowest BCUT2D eigenvalue weighted by Crippen LogP contribution is -2.46. The van der Waals surface area contributed by atoms with E-state index >= 15 is 0 Å². The molecular formula is C24H30Cl2N2O4S. The third kappa shape index (κ3) is 6.41. The van der Waals surface area contributed by atoms with Gasteiger partial charge in [-0.1, -0.05) is 48.3 Å². The predicted molar refractivity (Wildman–Crippen MR) is 132 cm³/mol. The van der Waals surface area contributed by atoms with Crippen LogP contribution in [-0.2, 0) is 20.6 Å². The minimum Gasteiger partial charge on any atom is -0.496 e. The molecule has 9 heteroatoms. The highest BCUT2D eigenvalue weighted by atomic mass is 35.5. The number of piperidine rings is 1. The summed E-state index contributed by atoms with van der Waals surface area (Å²) in [6.07, 6.45) is 2.00. The summed E-state index contributed by atoms with van der Waals surface area (Å²) in [5.74, 6) is 0.0521. The minimum absolute atomic E-state index is 0.125. The Morgan fingerprint density at radius 1 is 1.24 bits per heavy atom. The Morgan fingerprint density at radius 2 is 2.00 bits per heavy atom. The van der Waals surface area contributed by atoms with Crippen molar-refractivity contribution in [3.05, 3.63) is 63.1 Å². The van der Waals surface area contributed by atoms with E-state index in [9.17, 15) is 13.2 Å². The quantitative estimate of drug-likeness (QED) is 0.532. The van der Waals surface area contributed by atoms with Crippen molar-refractivity contribution in [1.29, 1.82) is 0 Å². The molecule has 0 saturated carbocycles. The molecule has 2 atom stereocenters. The highest BCUT2D eigenvalue weighted by Crippen LogP contribution is 2.28. The zero-order valence-electron chi connectivity index (χ0n) is 19.1. The molecule has 0 unspecified atom stereocenters. The van der Waals surface area contributed by atoms with Gasteiger partial charge in [0, 0.05) is 23.1 Å². The number of carbonyl (C=O) groups is 1. The minimum atomic E-state index is -3.63. The van der Waals surface area contributed by atoms with Crippen molar-refractivity contribution in [3.8, 4) is 5.75 Å². The molecule has 1 fully saturated rings. The molecule has 180 valence electrons. The first-order valence-corrected chi connectivity index (χ1v) is 13.4. The van der Waals surface area contributed by atoms with Crippen LogP contribution in [0.3, 0.4) is 0 Å². The Labute approximate surface area is 206 Å². The Hall–Kier alpha value is -1.80. The number of carbonyl (C=O) groups excluding carboxylic acids is 1. The van der Waals surface area contributed by atoms with E-state index in [2.05, 4.69) is 5.32 Å². The number of hydrogen-bond donors (Lipinski definition) is 1. The summed E-state index contributed by atoms with van der Waals surface area (Å²) in [4.78, 5) is 13.1. The molecule has 1 heterocycles. The van der Waals surface area contributed by atoms with Gasteiger partial charge in [-0.05, 0) is 61.1 Å². The standard InChI is InChI=1S/C24H30Cl2N2O4S/c1-4-22(17-8-10-23(32-3)16(2)12-17)27-24(29)18-6-5-11-28(14-18)33(30,31)15-19-7-9-20(25)13-21(19)26/h7-10,12-13,18,22H,4-6,11,14-15H2,1-3H3,(H,27,29)/t18-,22-/m0/s1. The van der Waals surface area contributed by atoms with Gasteiger partial charge in [-0.15, -0.1) is 0 Å². The van der Waals surface area contributed by atoms with E-state index in [-0.39, 0.29) is 24.2 Å². The van der Waals surface area contributed by atoms with Crippen molar-refractivity contribution in [2.75, 3.05) is 20.2 Å². The predicted octanol–water partition coefficient (Wildman–Crippen LogP) is 5.12. The fourth-order valence-corrected chi connectivity index (χ4v) is 6.36. The van der Waals surface area contributed by atoms with Gasteiger partial charge >= 0.3 is 0 Å². The van der Waals surface area contributed by atoms with Gasteiger partial charge in [0.1, 0.15) is 5.75 Å². The van der Waals surface area contributed by atoms with Crippen LogP contribution < -0.4 is 10.1 Å². The molecule has 2 aromatic rings. The van der Waals surface area contributed by atoms with E-state index in [1.165, 1.54) is 10.4 Å². The molecule has 0 radical (unpaired) electrons. The van der Waals surface area contributed by atoms with E-state index in [0.717, 1.165) is 23.3 Å². The van der Waals surface area contributed by atoms with Crippen LogP contribution in [0.1, 0.15) is 48.9 Å². The van der Waals surface area contributed by atoms with Crippen LogP contribution in [0, 0.1) is 12.8 Å². The summed E-state index contributed by atoms with van der Waals surface area (Å²) in [5.41, 5.74) is 2.49. The first-order chi connectivity index (χ1) is 15.6. The van der Waals surface area contributed by atoms with Crippen molar-refractivity contribution in [2.24, 2.45) is 5.92 Å². The molecule has 0 aliphatic carbocycles. The second-order valence-corrected chi connectivity index (χ2v) is 11.2. The van der Waals surface area contributed by atoms with E-state index in [1.807, 2.05) is 32.0 Å². The molecule has 1 aliphatic heterocycles. The summed E-state index contributed by atoms with van der Waals surface area (Å²) in [5, 5.41) is 3.89. The number of rotatable bonds is 8. The molecule has 3 rings (SSSR count). The van der Waals surface area contributed by atoms with Crippen molar-refractivity contribution in [1.82, 2.24) is 9.62 Å². The van der Waals surface area contributed by atoms with Gasteiger partial charge in [0.05, 0.1) is 24.8 Å². The number of halogens is 2. The summed E-state index contributed by atoms with van der Waals surface area (Å²) >= 11 is 12.1. The second kappa shape index (κ2) is 11.1. The molecular weight excluding hydrogens is 483 g/mol. The maximum Gasteiger partial charge on any atom is 0.224 e. The van der Waals surface area contributed by atoms with Gasteiger partial charge in [-0.2, -0.15) is 0 Å². The maximum atomic E-state index is 13.1. The fraction of sp³-hybridized carbons (Fsp3) is 0.458. The van der Waals surface area contributed by atoms with E-state index in [1.54, 1.807) is 19.2 Å². The zero-order valence-corrected chi connectivity index (χ0v) is 21.4. The second-order valence-electron chi connectivity index (χ2n) is 8.39. The Balaban J connectivity index is 1.68. The summed E-state index contributed by atoms with van der Waals surface area (Å²) in [7, 11) is -2.00. The highest BCUT2D eigenvalue weighted by molar-refractivity contribution is 7.88. The largest absolute Gasteiger partial charge is 0.496 e. The number of hydrogen-bond acceptors (Lipinski definition) is 4. The van der Waals surface area contributed by atoms with Crippen molar-refractivity contribution < 1.29 is 17.9 Å². The monoisotopic (exact) mass is 512 g/mol. The number of amides is 1. The van der Waals surface area contributed by atoms with Crippen LogP contribution in [0.15, 0.2) is 36.4 Å². The van der Waals surface area contributed by atoms with Gasteiger partial charge in [0.2, 0.25) is 15.9 Å². The van der Waals surface area contributed by atoms with Gasteiger partial charge in [-0.3, -0.25) is 4.79 Å². The van der Waals surface area contributed by atoms with Crippen molar-refractivity contribution in [2.45, 2.75) is 44.9 Å². The summed E-state index contributed by atoms with van der Waals surface area (Å²) in [6.45, 7) is 4.54. The molecule has 33 heavy (non-hydrogen) atoms. The van der Waals surface area contributed by atoms with E-state index < -0.39 is 15.9 Å². The molecule has 1 aliphatic rings. The SMILES string of the molecule is CC[C@H](NC(=O)[C@H]1CCCN(S(=O)(=O)Cc2ccc(Cl)cc2Cl)C1)c1ccc(OC)c(C)c1. The lowest BCUT2D eigenvalue weighted by Gasteiger charge is -2.32. The zero-order chi connectivity index (χ0) is 24.2. The number of ether oxygens (including phenoxy) is 1. The van der Waals surface area contributed by atoms with Crippen LogP contribution in [0.5, 0.6) is 5.75 Å². The molecule has 0 bridgehead atoms. The van der Waals surface area contributed by atoms with Crippen LogP contribution in [0.2, 0.25) is 10.0 Å². The van der Waals surface area contributed by atoms with E-state index in [0.29, 0.717) is 35.0 Å². The van der Waals surface area contributed by atoms with Crippen molar-refractivity contribution in [3.63, 3.8) is 0 Å². The average Bonchev–Trinajstić information content (AvgIpc) is 2.79. The molecule has 1 N–H and O–H groups in total. The molecule has 0 spiro atoms. The molecule has 2 aromatic carbocycles. The lowest BCUT2D eigenvalue weighted by atomic mass is 9.96. The smallest absolute Gasteiger partial charge is 0.224 e. The summed E-state index contributed by atoms with van der Waals surface area (Å²) in [6, 6.07) is 10.5. The number of methoxy groups -OCH3 is 1. The normalized spacial score (nSPS) is 18.0. The van der Waals surface area contributed by atoms with Crippen LogP contribution in [0.25, 0.3) is 0 Å². The molecule has 1 saturated heterocycles.